The molecule has 10 nitrogen and oxygen atoms in total. The van der Waals surface area contributed by atoms with Crippen LogP contribution in [0, 0.1) is 0 Å². The molecule has 0 saturated heterocycles. The highest BCUT2D eigenvalue weighted by Crippen LogP contribution is 2.21. The highest BCUT2D eigenvalue weighted by molar-refractivity contribution is 6.11. The number of imidazole rings is 2. The van der Waals surface area contributed by atoms with Gasteiger partial charge in [-0.25, -0.2) is 9.97 Å². The number of ether oxygens (including phenoxy) is 1. The third-order valence-corrected chi connectivity index (χ3v) is 4.91. The predicted molar refractivity (Wildman–Crippen MR) is 120 cm³/mol. The number of nitrogens with one attached hydrogen (secondary N) is 4. The second-order valence-electron chi connectivity index (χ2n) is 7.10. The van der Waals surface area contributed by atoms with Gasteiger partial charge in [-0.2, -0.15) is 0 Å². The first-order valence-corrected chi connectivity index (χ1v) is 10.3. The van der Waals surface area contributed by atoms with E-state index in [1.54, 1.807) is 36.7 Å². The summed E-state index contributed by atoms with van der Waals surface area (Å²) in [7, 11) is 0. The normalized spacial score (nSPS) is 11.0. The molecule has 0 spiro atoms. The first-order valence-electron chi connectivity index (χ1n) is 10.3. The highest BCUT2D eigenvalue weighted by Gasteiger charge is 2.17. The number of anilines is 2. The molecule has 4 rings (SSSR count). The van der Waals surface area contributed by atoms with Gasteiger partial charge in [-0.15, -0.1) is 0 Å². The number of para-hydroxylation sites is 1. The van der Waals surface area contributed by atoms with E-state index in [0.717, 1.165) is 12.8 Å². The molecule has 0 unspecified atom stereocenters. The molecule has 0 bridgehead atoms. The summed E-state index contributed by atoms with van der Waals surface area (Å²) in [5, 5.41) is 5.38. The number of nitrogens with zero attached hydrogens (tertiary/aromatic N) is 3. The Kier molecular flexibility index (Phi) is 6.11. The smallest absolute Gasteiger partial charge is 0.260 e. The van der Waals surface area contributed by atoms with Crippen molar-refractivity contribution in [1.29, 1.82) is 0 Å². The Bertz CT molecular complexity index is 1230. The quantitative estimate of drug-likeness (QED) is 0.334. The fourth-order valence-corrected chi connectivity index (χ4v) is 3.22. The maximum absolute atomic E-state index is 12.7. The second-order valence-corrected chi connectivity index (χ2v) is 7.10. The largest absolute Gasteiger partial charge is 0.489 e. The SMILES string of the molecule is CCC(CC)Oc1cncc(C(=O)Nc2nc3c(C(=O)Nc4ncc[nH]4)cccc3[nH]2)c1. The molecule has 10 heteroatoms. The minimum absolute atomic E-state index is 0.0660. The number of rotatable bonds is 8. The van der Waals surface area contributed by atoms with Gasteiger partial charge in [0.15, 0.2) is 0 Å². The van der Waals surface area contributed by atoms with Gasteiger partial charge in [0.25, 0.3) is 11.8 Å². The van der Waals surface area contributed by atoms with Crippen molar-refractivity contribution in [2.24, 2.45) is 0 Å². The topological polar surface area (TPSA) is 138 Å². The number of benzene rings is 1. The monoisotopic (exact) mass is 433 g/mol. The van der Waals surface area contributed by atoms with Gasteiger partial charge in [0.05, 0.1) is 28.9 Å². The molecule has 0 aliphatic rings. The number of hydrogen-bond donors (Lipinski definition) is 4. The van der Waals surface area contributed by atoms with Crippen LogP contribution in [-0.4, -0.2) is 42.8 Å². The third-order valence-electron chi connectivity index (χ3n) is 4.91. The molecule has 1 aromatic carbocycles. The fraction of sp³-hybridized carbons (Fsp3) is 0.227. The lowest BCUT2D eigenvalue weighted by Crippen LogP contribution is -2.16. The number of pyridine rings is 1. The number of aromatic nitrogens is 5. The molecule has 0 aliphatic carbocycles. The Morgan fingerprint density at radius 2 is 1.91 bits per heavy atom. The van der Waals surface area contributed by atoms with Crippen LogP contribution in [0.3, 0.4) is 0 Å². The summed E-state index contributed by atoms with van der Waals surface area (Å²) in [6, 6.07) is 6.79. The van der Waals surface area contributed by atoms with E-state index in [1.165, 1.54) is 12.4 Å². The average Bonchev–Trinajstić information content (AvgIpc) is 3.46. The van der Waals surface area contributed by atoms with Crippen molar-refractivity contribution in [3.8, 4) is 5.75 Å². The number of carbonyl (C=O) groups excluding carboxylic acids is 2. The number of hydrogen-bond acceptors (Lipinski definition) is 6. The Morgan fingerprint density at radius 3 is 2.66 bits per heavy atom. The van der Waals surface area contributed by atoms with Gasteiger partial charge in [0.1, 0.15) is 11.3 Å². The minimum atomic E-state index is -0.395. The van der Waals surface area contributed by atoms with Gasteiger partial charge >= 0.3 is 0 Å². The van der Waals surface area contributed by atoms with Crippen molar-refractivity contribution in [2.45, 2.75) is 32.8 Å². The molecular formula is C22H23N7O3. The van der Waals surface area contributed by atoms with Crippen LogP contribution < -0.4 is 15.4 Å². The summed E-state index contributed by atoms with van der Waals surface area (Å²) in [4.78, 5) is 43.7. The summed E-state index contributed by atoms with van der Waals surface area (Å²) in [5.41, 5.74) is 1.72. The maximum atomic E-state index is 12.7. The first kappa shape index (κ1) is 21.0. The zero-order valence-electron chi connectivity index (χ0n) is 17.7. The van der Waals surface area contributed by atoms with Crippen LogP contribution in [0.5, 0.6) is 5.75 Å². The van der Waals surface area contributed by atoms with Crippen molar-refractivity contribution in [2.75, 3.05) is 10.6 Å². The van der Waals surface area contributed by atoms with Crippen molar-refractivity contribution >= 4 is 34.7 Å². The Morgan fingerprint density at radius 1 is 1.09 bits per heavy atom. The molecule has 4 N–H and O–H groups in total. The van der Waals surface area contributed by atoms with Crippen LogP contribution in [0.2, 0.25) is 0 Å². The van der Waals surface area contributed by atoms with E-state index >= 15 is 0 Å². The lowest BCUT2D eigenvalue weighted by molar-refractivity contribution is 0.101. The Labute approximate surface area is 183 Å². The number of H-pyrrole nitrogens is 2. The van der Waals surface area contributed by atoms with E-state index in [-0.39, 0.29) is 18.0 Å². The number of fused-ring (bicyclic) bond motifs is 1. The highest BCUT2D eigenvalue weighted by atomic mass is 16.5. The maximum Gasteiger partial charge on any atom is 0.260 e. The van der Waals surface area contributed by atoms with E-state index in [0.29, 0.717) is 33.9 Å². The molecule has 2 amide bonds. The van der Waals surface area contributed by atoms with Crippen molar-refractivity contribution in [3.63, 3.8) is 0 Å². The number of carbonyl (C=O) groups is 2. The standard InChI is InChI=1S/C22H23N7O3/c1-3-14(4-2)32-15-10-13(11-23-12-15)19(30)28-22-26-17-7-5-6-16(18(17)27-22)20(31)29-21-24-8-9-25-21/h5-12,14H,3-4H2,1-2H3,(H2,24,25,29,31)(H2,26,27,28,30). The molecule has 0 saturated carbocycles. The van der Waals surface area contributed by atoms with Gasteiger partial charge in [0, 0.05) is 18.6 Å². The van der Waals surface area contributed by atoms with Crippen molar-refractivity contribution in [3.05, 3.63) is 60.2 Å². The first-order chi connectivity index (χ1) is 15.6. The van der Waals surface area contributed by atoms with E-state index in [4.69, 9.17) is 4.74 Å². The van der Waals surface area contributed by atoms with Crippen molar-refractivity contribution < 1.29 is 14.3 Å². The minimum Gasteiger partial charge on any atom is -0.489 e. The van der Waals surface area contributed by atoms with E-state index < -0.39 is 5.91 Å². The Hall–Kier alpha value is -4.21. The lowest BCUT2D eigenvalue weighted by atomic mass is 10.2. The number of aromatic amines is 2. The van der Waals surface area contributed by atoms with Gasteiger partial charge in [-0.3, -0.25) is 25.2 Å². The Balaban J connectivity index is 1.52. The summed E-state index contributed by atoms with van der Waals surface area (Å²) >= 11 is 0. The molecule has 0 aliphatic heterocycles. The molecule has 164 valence electrons. The van der Waals surface area contributed by atoms with Gasteiger partial charge in [-0.05, 0) is 31.0 Å². The molecule has 0 atom stereocenters. The van der Waals surface area contributed by atoms with Gasteiger partial charge < -0.3 is 14.7 Å². The van der Waals surface area contributed by atoms with Crippen LogP contribution in [0.15, 0.2) is 49.1 Å². The average molecular weight is 433 g/mol. The molecule has 4 aromatic rings. The summed E-state index contributed by atoms with van der Waals surface area (Å²) in [6.07, 6.45) is 7.98. The van der Waals surface area contributed by atoms with Crippen LogP contribution in [0.25, 0.3) is 11.0 Å². The van der Waals surface area contributed by atoms with Gasteiger partial charge in [0.2, 0.25) is 11.9 Å². The zero-order valence-corrected chi connectivity index (χ0v) is 17.7. The molecule has 0 radical (unpaired) electrons. The molecular weight excluding hydrogens is 410 g/mol. The van der Waals surface area contributed by atoms with Crippen LogP contribution in [0.4, 0.5) is 11.9 Å². The van der Waals surface area contributed by atoms with Gasteiger partial charge in [-0.1, -0.05) is 19.9 Å². The summed E-state index contributed by atoms with van der Waals surface area (Å²) in [5.74, 6) is 0.319. The zero-order chi connectivity index (χ0) is 22.5. The molecule has 3 heterocycles. The van der Waals surface area contributed by atoms with Crippen LogP contribution >= 0.6 is 0 Å². The van der Waals surface area contributed by atoms with Crippen LogP contribution in [-0.2, 0) is 0 Å². The van der Waals surface area contributed by atoms with E-state index in [2.05, 4.69) is 35.6 Å². The van der Waals surface area contributed by atoms with Crippen molar-refractivity contribution in [1.82, 2.24) is 24.9 Å². The molecule has 3 aromatic heterocycles. The second kappa shape index (κ2) is 9.29. The van der Waals surface area contributed by atoms with E-state index in [1.807, 2.05) is 13.8 Å². The lowest BCUT2D eigenvalue weighted by Gasteiger charge is -2.15. The van der Waals surface area contributed by atoms with Crippen LogP contribution in [0.1, 0.15) is 47.4 Å². The summed E-state index contributed by atoms with van der Waals surface area (Å²) < 4.78 is 5.87. The fourth-order valence-electron chi connectivity index (χ4n) is 3.22. The summed E-state index contributed by atoms with van der Waals surface area (Å²) in [6.45, 7) is 4.09. The number of amides is 2. The van der Waals surface area contributed by atoms with E-state index in [9.17, 15) is 9.59 Å². The third kappa shape index (κ3) is 4.59. The predicted octanol–water partition coefficient (Wildman–Crippen LogP) is 3.75. The molecule has 0 fully saturated rings. The molecule has 32 heavy (non-hydrogen) atoms.